The van der Waals surface area contributed by atoms with Crippen LogP contribution in [-0.2, 0) is 11.3 Å². The van der Waals surface area contributed by atoms with Crippen LogP contribution in [0.5, 0.6) is 11.5 Å². The molecule has 3 rings (SSSR count). The molecule has 6 nitrogen and oxygen atoms in total. The third-order valence-corrected chi connectivity index (χ3v) is 4.74. The molecule has 0 saturated carbocycles. The number of nitriles is 1. The first-order chi connectivity index (χ1) is 15.5. The maximum Gasteiger partial charge on any atom is 0.262 e. The van der Waals surface area contributed by atoms with Crippen LogP contribution < -0.4 is 14.8 Å². The van der Waals surface area contributed by atoms with Gasteiger partial charge in [-0.3, -0.25) is 4.79 Å². The van der Waals surface area contributed by atoms with Gasteiger partial charge in [0.05, 0.1) is 31.0 Å². The van der Waals surface area contributed by atoms with Crippen LogP contribution in [0.1, 0.15) is 23.3 Å². The first-order valence-electron chi connectivity index (χ1n) is 10.1. The Hall–Kier alpha value is -3.69. The van der Waals surface area contributed by atoms with Crippen LogP contribution in [0.2, 0.25) is 5.02 Å². The van der Waals surface area contributed by atoms with E-state index in [1.807, 2.05) is 37.3 Å². The summed E-state index contributed by atoms with van der Waals surface area (Å²) in [5, 5.41) is 12.4. The number of rotatable bonds is 10. The Morgan fingerprint density at radius 2 is 2.00 bits per heavy atom. The normalized spacial score (nSPS) is 11.0. The number of carbonyl (C=O) groups excluding carboxylic acids is 1. The van der Waals surface area contributed by atoms with Crippen LogP contribution in [0.3, 0.4) is 0 Å². The van der Waals surface area contributed by atoms with Crippen LogP contribution in [0.25, 0.3) is 6.08 Å². The summed E-state index contributed by atoms with van der Waals surface area (Å²) in [6, 6.07) is 18.4. The van der Waals surface area contributed by atoms with Gasteiger partial charge in [-0.25, -0.2) is 0 Å². The number of carbonyl (C=O) groups is 1. The lowest BCUT2D eigenvalue weighted by Gasteiger charge is -2.10. The highest BCUT2D eigenvalue weighted by molar-refractivity contribution is 6.32. The van der Waals surface area contributed by atoms with Gasteiger partial charge >= 0.3 is 0 Å². The van der Waals surface area contributed by atoms with E-state index in [1.165, 1.54) is 12.3 Å². The Balaban J connectivity index is 1.49. The number of ether oxygens (including phenoxy) is 2. The summed E-state index contributed by atoms with van der Waals surface area (Å²) in [5.74, 6) is 1.47. The van der Waals surface area contributed by atoms with E-state index in [1.54, 1.807) is 30.3 Å². The second-order valence-electron chi connectivity index (χ2n) is 6.99. The van der Waals surface area contributed by atoms with Crippen molar-refractivity contribution in [1.29, 1.82) is 5.26 Å². The van der Waals surface area contributed by atoms with Crippen LogP contribution in [-0.4, -0.2) is 19.1 Å². The van der Waals surface area contributed by atoms with Gasteiger partial charge in [0, 0.05) is 6.42 Å². The van der Waals surface area contributed by atoms with Gasteiger partial charge in [-0.15, -0.1) is 0 Å². The minimum Gasteiger partial charge on any atom is -0.493 e. The molecule has 0 aliphatic rings. The lowest BCUT2D eigenvalue weighted by molar-refractivity contribution is -0.117. The number of nitrogens with one attached hydrogen (secondary N) is 1. The summed E-state index contributed by atoms with van der Waals surface area (Å²) in [6.45, 7) is 3.19. The first-order valence-corrected chi connectivity index (χ1v) is 10.5. The Morgan fingerprint density at radius 3 is 2.72 bits per heavy atom. The van der Waals surface area contributed by atoms with Crippen molar-refractivity contribution < 1.29 is 18.7 Å². The van der Waals surface area contributed by atoms with Gasteiger partial charge in [-0.1, -0.05) is 29.8 Å². The molecule has 1 aromatic heterocycles. The molecule has 2 aromatic carbocycles. The largest absolute Gasteiger partial charge is 0.493 e. The molecule has 1 amide bonds. The van der Waals surface area contributed by atoms with Crippen molar-refractivity contribution in [2.24, 2.45) is 0 Å². The van der Waals surface area contributed by atoms with Crippen molar-refractivity contribution in [3.8, 4) is 17.6 Å². The number of furan rings is 1. The molecule has 0 radical (unpaired) electrons. The fourth-order valence-corrected chi connectivity index (χ4v) is 3.09. The number of nitrogens with zero attached hydrogens (tertiary/aromatic N) is 1. The van der Waals surface area contributed by atoms with E-state index >= 15 is 0 Å². The van der Waals surface area contributed by atoms with E-state index in [-0.39, 0.29) is 12.1 Å². The molecule has 0 atom stereocenters. The third-order valence-electron chi connectivity index (χ3n) is 4.44. The van der Waals surface area contributed by atoms with Crippen molar-refractivity contribution in [1.82, 2.24) is 5.32 Å². The van der Waals surface area contributed by atoms with Gasteiger partial charge in [0.2, 0.25) is 0 Å². The molecule has 1 heterocycles. The van der Waals surface area contributed by atoms with E-state index in [9.17, 15) is 10.1 Å². The van der Waals surface area contributed by atoms with Crippen molar-refractivity contribution in [3.05, 3.63) is 88.3 Å². The van der Waals surface area contributed by atoms with Crippen molar-refractivity contribution >= 4 is 23.6 Å². The third kappa shape index (κ3) is 6.93. The highest BCUT2D eigenvalue weighted by atomic mass is 35.5. The topological polar surface area (TPSA) is 84.5 Å². The SMILES string of the molecule is Cc1cccc(OCCCOc2ccc(C=C(C#N)C(=O)NCc3ccco3)cc2Cl)c1. The molecular formula is C25H23ClN2O4. The minimum absolute atomic E-state index is 0.0328. The van der Waals surface area contributed by atoms with Gasteiger partial charge < -0.3 is 19.2 Å². The summed E-state index contributed by atoms with van der Waals surface area (Å²) in [7, 11) is 0. The van der Waals surface area contributed by atoms with Crippen molar-refractivity contribution in [3.63, 3.8) is 0 Å². The molecule has 164 valence electrons. The Morgan fingerprint density at radius 1 is 1.16 bits per heavy atom. The molecule has 3 aromatic rings. The van der Waals surface area contributed by atoms with Crippen molar-refractivity contribution in [2.45, 2.75) is 19.9 Å². The zero-order valence-electron chi connectivity index (χ0n) is 17.6. The summed E-state index contributed by atoms with van der Waals surface area (Å²) in [6.07, 6.45) is 3.69. The number of hydrogen-bond donors (Lipinski definition) is 1. The smallest absolute Gasteiger partial charge is 0.262 e. The molecule has 7 heteroatoms. The quantitative estimate of drug-likeness (QED) is 0.257. The average molecular weight is 451 g/mol. The van der Waals surface area contributed by atoms with Crippen LogP contribution in [0.15, 0.2) is 70.9 Å². The first kappa shape index (κ1) is 23.0. The zero-order valence-corrected chi connectivity index (χ0v) is 18.4. The van der Waals surface area contributed by atoms with Gasteiger partial charge in [-0.2, -0.15) is 5.26 Å². The zero-order chi connectivity index (χ0) is 22.8. The molecule has 0 saturated heterocycles. The standard InChI is InChI=1S/C25H23ClN2O4/c1-18-5-2-6-21(13-18)30-11-4-12-32-24-9-8-19(15-23(24)26)14-20(16-27)25(29)28-17-22-7-3-10-31-22/h2-3,5-10,13-15H,4,11-12,17H2,1H3,(H,28,29). The average Bonchev–Trinajstić information content (AvgIpc) is 3.30. The number of amides is 1. The van der Waals surface area contributed by atoms with Crippen LogP contribution in [0.4, 0.5) is 0 Å². The fraction of sp³-hybridized carbons (Fsp3) is 0.200. The maximum absolute atomic E-state index is 12.2. The number of halogens is 1. The van der Waals surface area contributed by atoms with Gasteiger partial charge in [0.1, 0.15) is 28.9 Å². The van der Waals surface area contributed by atoms with E-state index in [0.29, 0.717) is 41.7 Å². The lowest BCUT2D eigenvalue weighted by Crippen LogP contribution is -2.23. The highest BCUT2D eigenvalue weighted by Gasteiger charge is 2.10. The molecule has 0 bridgehead atoms. The number of benzene rings is 2. The van der Waals surface area contributed by atoms with Crippen LogP contribution in [0, 0.1) is 18.3 Å². The van der Waals surface area contributed by atoms with Crippen molar-refractivity contribution in [2.75, 3.05) is 13.2 Å². The second-order valence-corrected chi connectivity index (χ2v) is 7.40. The van der Waals surface area contributed by atoms with Gasteiger partial charge in [0.15, 0.2) is 0 Å². The fourth-order valence-electron chi connectivity index (χ4n) is 2.85. The van der Waals surface area contributed by atoms with E-state index in [2.05, 4.69) is 5.32 Å². The molecule has 1 N–H and O–H groups in total. The Labute approximate surface area is 192 Å². The van der Waals surface area contributed by atoms with Gasteiger partial charge in [0.25, 0.3) is 5.91 Å². The molecule has 0 aliphatic heterocycles. The summed E-state index contributed by atoms with van der Waals surface area (Å²) in [5.41, 5.74) is 1.73. The minimum atomic E-state index is -0.492. The van der Waals surface area contributed by atoms with Crippen LogP contribution >= 0.6 is 11.6 Å². The Bertz CT molecular complexity index is 1120. The van der Waals surface area contributed by atoms with E-state index in [0.717, 1.165) is 11.3 Å². The van der Waals surface area contributed by atoms with Gasteiger partial charge in [-0.05, 0) is 60.5 Å². The summed E-state index contributed by atoms with van der Waals surface area (Å²) in [4.78, 5) is 12.2. The highest BCUT2D eigenvalue weighted by Crippen LogP contribution is 2.26. The molecule has 0 spiro atoms. The second kappa shape index (κ2) is 11.6. The lowest BCUT2D eigenvalue weighted by atomic mass is 10.1. The summed E-state index contributed by atoms with van der Waals surface area (Å²) >= 11 is 6.31. The maximum atomic E-state index is 12.2. The molecule has 0 unspecified atom stereocenters. The molecule has 32 heavy (non-hydrogen) atoms. The Kier molecular flexibility index (Phi) is 8.36. The predicted molar refractivity (Wildman–Crippen MR) is 122 cm³/mol. The molecule has 0 aliphatic carbocycles. The summed E-state index contributed by atoms with van der Waals surface area (Å²) < 4.78 is 16.6. The molecular weight excluding hydrogens is 428 g/mol. The number of aryl methyl sites for hydroxylation is 1. The molecule has 0 fully saturated rings. The monoisotopic (exact) mass is 450 g/mol. The van der Waals surface area contributed by atoms with E-state index in [4.69, 9.17) is 25.5 Å². The predicted octanol–water partition coefficient (Wildman–Crippen LogP) is 5.31. The number of hydrogen-bond acceptors (Lipinski definition) is 5. The van der Waals surface area contributed by atoms with E-state index < -0.39 is 5.91 Å².